The van der Waals surface area contributed by atoms with E-state index in [1.165, 1.54) is 0 Å². The average molecular weight is 299 g/mol. The predicted molar refractivity (Wildman–Crippen MR) is 78.9 cm³/mol. The normalized spacial score (nSPS) is 16.1. The Morgan fingerprint density at radius 2 is 2.20 bits per heavy atom. The third-order valence-corrected chi connectivity index (χ3v) is 3.43. The van der Waals surface area contributed by atoms with Crippen molar-refractivity contribution < 1.29 is 14.3 Å². The van der Waals surface area contributed by atoms with Crippen LogP contribution < -0.4 is 11.1 Å². The number of ether oxygens (including phenoxy) is 2. The van der Waals surface area contributed by atoms with Crippen molar-refractivity contribution in [2.75, 3.05) is 30.9 Å². The van der Waals surface area contributed by atoms with E-state index in [4.69, 9.17) is 26.8 Å². The monoisotopic (exact) mass is 298 g/mol. The van der Waals surface area contributed by atoms with E-state index in [0.717, 1.165) is 26.1 Å². The van der Waals surface area contributed by atoms with Crippen molar-refractivity contribution >= 4 is 28.9 Å². The quantitative estimate of drug-likeness (QED) is 0.819. The fraction of sp³-hybridized carbons (Fsp3) is 0.500. The zero-order chi connectivity index (χ0) is 14.4. The van der Waals surface area contributed by atoms with Crippen LogP contribution in [0.3, 0.4) is 0 Å². The molecule has 1 fully saturated rings. The summed E-state index contributed by atoms with van der Waals surface area (Å²) in [7, 11) is 0. The molecule has 1 aromatic rings. The minimum atomic E-state index is -0.122. The van der Waals surface area contributed by atoms with E-state index in [-0.39, 0.29) is 12.0 Å². The maximum Gasteiger partial charge on any atom is 0.226 e. The first-order chi connectivity index (χ1) is 9.65. The number of nitrogen functional groups attached to an aromatic ring is 1. The molecule has 1 aliphatic heterocycles. The van der Waals surface area contributed by atoms with Gasteiger partial charge in [-0.1, -0.05) is 11.6 Å². The van der Waals surface area contributed by atoms with E-state index in [9.17, 15) is 4.79 Å². The van der Waals surface area contributed by atoms with Crippen molar-refractivity contribution in [3.05, 3.63) is 23.2 Å². The van der Waals surface area contributed by atoms with Crippen LogP contribution in [0.4, 0.5) is 11.4 Å². The molecule has 0 aliphatic carbocycles. The molecular weight excluding hydrogens is 280 g/mol. The van der Waals surface area contributed by atoms with Crippen molar-refractivity contribution in [3.63, 3.8) is 0 Å². The largest absolute Gasteiger partial charge is 0.399 e. The molecule has 110 valence electrons. The number of hydrogen-bond donors (Lipinski definition) is 2. The molecule has 2 rings (SSSR count). The van der Waals surface area contributed by atoms with Gasteiger partial charge < -0.3 is 20.5 Å². The van der Waals surface area contributed by atoms with Gasteiger partial charge >= 0.3 is 0 Å². The number of amides is 1. The Bertz CT molecular complexity index is 462. The fourth-order valence-electron chi connectivity index (χ4n) is 2.01. The molecule has 5 nitrogen and oxygen atoms in total. The summed E-state index contributed by atoms with van der Waals surface area (Å²) >= 11 is 5.99. The second-order valence-corrected chi connectivity index (χ2v) is 5.13. The van der Waals surface area contributed by atoms with Crippen LogP contribution in [0.1, 0.15) is 19.3 Å². The van der Waals surface area contributed by atoms with Crippen LogP contribution in [0.2, 0.25) is 5.02 Å². The standard InChI is InChI=1S/C14H19ClN2O3/c15-12-9-10(16)1-2-13(12)17-14(18)5-8-20-11-3-6-19-7-4-11/h1-2,9,11H,3-8,16H2,(H,17,18). The molecule has 1 saturated heterocycles. The van der Waals surface area contributed by atoms with Crippen molar-refractivity contribution in [2.45, 2.75) is 25.4 Å². The number of anilines is 2. The molecule has 1 heterocycles. The van der Waals surface area contributed by atoms with Gasteiger partial charge in [-0.15, -0.1) is 0 Å². The number of nitrogens with two attached hydrogens (primary N) is 1. The number of carbonyl (C=O) groups is 1. The van der Waals surface area contributed by atoms with Gasteiger partial charge in [-0.05, 0) is 31.0 Å². The van der Waals surface area contributed by atoms with Gasteiger partial charge in [0.05, 0.1) is 29.8 Å². The Balaban J connectivity index is 1.72. The van der Waals surface area contributed by atoms with Crippen LogP contribution in [0.15, 0.2) is 18.2 Å². The minimum absolute atomic E-state index is 0.122. The highest BCUT2D eigenvalue weighted by Gasteiger charge is 2.14. The highest BCUT2D eigenvalue weighted by molar-refractivity contribution is 6.34. The fourth-order valence-corrected chi connectivity index (χ4v) is 2.24. The molecule has 0 saturated carbocycles. The van der Waals surface area contributed by atoms with Crippen LogP contribution >= 0.6 is 11.6 Å². The van der Waals surface area contributed by atoms with Gasteiger partial charge in [0.2, 0.25) is 5.91 Å². The number of hydrogen-bond acceptors (Lipinski definition) is 4. The van der Waals surface area contributed by atoms with Crippen molar-refractivity contribution in [2.24, 2.45) is 0 Å². The molecule has 0 spiro atoms. The molecule has 0 atom stereocenters. The first kappa shape index (κ1) is 15.1. The maximum absolute atomic E-state index is 11.8. The molecule has 0 aromatic heterocycles. The number of halogens is 1. The van der Waals surface area contributed by atoms with E-state index in [1.54, 1.807) is 18.2 Å². The molecule has 3 N–H and O–H groups in total. The summed E-state index contributed by atoms with van der Waals surface area (Å²) in [5.41, 5.74) is 6.73. The number of benzene rings is 1. The summed E-state index contributed by atoms with van der Waals surface area (Å²) in [6.07, 6.45) is 2.30. The number of rotatable bonds is 5. The predicted octanol–water partition coefficient (Wildman–Crippen LogP) is 2.45. The molecule has 0 radical (unpaired) electrons. The van der Waals surface area contributed by atoms with Crippen molar-refractivity contribution in [1.82, 2.24) is 0 Å². The van der Waals surface area contributed by atoms with Crippen LogP contribution in [0.5, 0.6) is 0 Å². The summed E-state index contributed by atoms with van der Waals surface area (Å²) in [5, 5.41) is 3.18. The van der Waals surface area contributed by atoms with E-state index in [1.807, 2.05) is 0 Å². The van der Waals surface area contributed by atoms with Gasteiger partial charge in [-0.3, -0.25) is 4.79 Å². The Labute approximate surface area is 123 Å². The average Bonchev–Trinajstić information content (AvgIpc) is 2.43. The maximum atomic E-state index is 11.8. The second kappa shape index (κ2) is 7.47. The summed E-state index contributed by atoms with van der Waals surface area (Å²) in [6.45, 7) is 1.87. The SMILES string of the molecule is Nc1ccc(NC(=O)CCOC2CCOCC2)c(Cl)c1. The summed E-state index contributed by atoms with van der Waals surface area (Å²) < 4.78 is 10.9. The molecule has 1 amide bonds. The minimum Gasteiger partial charge on any atom is -0.399 e. The summed E-state index contributed by atoms with van der Waals surface area (Å²) in [6, 6.07) is 4.99. The molecular formula is C14H19ClN2O3. The van der Waals surface area contributed by atoms with Crippen molar-refractivity contribution in [3.8, 4) is 0 Å². The van der Waals surface area contributed by atoms with E-state index < -0.39 is 0 Å². The highest BCUT2D eigenvalue weighted by atomic mass is 35.5. The lowest BCUT2D eigenvalue weighted by Crippen LogP contribution is -2.25. The topological polar surface area (TPSA) is 73.6 Å². The Hall–Kier alpha value is -1.30. The highest BCUT2D eigenvalue weighted by Crippen LogP contribution is 2.24. The first-order valence-corrected chi connectivity index (χ1v) is 7.07. The van der Waals surface area contributed by atoms with Crippen molar-refractivity contribution in [1.29, 1.82) is 0 Å². The van der Waals surface area contributed by atoms with Crippen LogP contribution in [-0.2, 0) is 14.3 Å². The second-order valence-electron chi connectivity index (χ2n) is 4.72. The van der Waals surface area contributed by atoms with Gasteiger partial charge in [0, 0.05) is 18.9 Å². The molecule has 1 aliphatic rings. The Kier molecular flexibility index (Phi) is 5.64. The van der Waals surface area contributed by atoms with E-state index in [2.05, 4.69) is 5.32 Å². The number of carbonyl (C=O) groups excluding carboxylic acids is 1. The van der Waals surface area contributed by atoms with E-state index in [0.29, 0.717) is 29.4 Å². The lowest BCUT2D eigenvalue weighted by molar-refractivity contribution is -0.118. The first-order valence-electron chi connectivity index (χ1n) is 6.69. The van der Waals surface area contributed by atoms with Crippen LogP contribution in [-0.4, -0.2) is 31.8 Å². The zero-order valence-corrected chi connectivity index (χ0v) is 12.0. The van der Waals surface area contributed by atoms with Gasteiger partial charge in [0.25, 0.3) is 0 Å². The van der Waals surface area contributed by atoms with Crippen LogP contribution in [0, 0.1) is 0 Å². The number of nitrogens with one attached hydrogen (secondary N) is 1. The van der Waals surface area contributed by atoms with Gasteiger partial charge in [0.15, 0.2) is 0 Å². The lowest BCUT2D eigenvalue weighted by Gasteiger charge is -2.22. The third-order valence-electron chi connectivity index (χ3n) is 3.12. The Morgan fingerprint density at radius 1 is 1.45 bits per heavy atom. The molecule has 0 bridgehead atoms. The molecule has 1 aromatic carbocycles. The van der Waals surface area contributed by atoms with Gasteiger partial charge in [0.1, 0.15) is 0 Å². The smallest absolute Gasteiger partial charge is 0.226 e. The Morgan fingerprint density at radius 3 is 2.90 bits per heavy atom. The molecule has 20 heavy (non-hydrogen) atoms. The lowest BCUT2D eigenvalue weighted by atomic mass is 10.1. The summed E-state index contributed by atoms with van der Waals surface area (Å²) in [4.78, 5) is 11.8. The third kappa shape index (κ3) is 4.67. The molecule has 6 heteroatoms. The zero-order valence-electron chi connectivity index (χ0n) is 11.2. The van der Waals surface area contributed by atoms with Crippen LogP contribution in [0.25, 0.3) is 0 Å². The molecule has 0 unspecified atom stereocenters. The van der Waals surface area contributed by atoms with Gasteiger partial charge in [-0.2, -0.15) is 0 Å². The van der Waals surface area contributed by atoms with Gasteiger partial charge in [-0.25, -0.2) is 0 Å². The summed E-state index contributed by atoms with van der Waals surface area (Å²) in [5.74, 6) is -0.122. The van der Waals surface area contributed by atoms with E-state index >= 15 is 0 Å².